The second-order valence-electron chi connectivity index (χ2n) is 5.91. The van der Waals surface area contributed by atoms with Gasteiger partial charge in [0.25, 0.3) is 0 Å². The summed E-state index contributed by atoms with van der Waals surface area (Å²) in [4.78, 5) is 11.7. The Morgan fingerprint density at radius 2 is 2.06 bits per heavy atom. The van der Waals surface area contributed by atoms with E-state index >= 15 is 0 Å². The summed E-state index contributed by atoms with van der Waals surface area (Å²) in [6.45, 7) is 5.25. The molecular weight excluding hydrogens is 206 g/mol. The van der Waals surface area contributed by atoms with Crippen molar-refractivity contribution in [3.8, 4) is 0 Å². The molecule has 4 unspecified atom stereocenters. The molecule has 4 fully saturated rings. The maximum atomic E-state index is 11.7. The first kappa shape index (κ1) is 10.3. The van der Waals surface area contributed by atoms with Crippen molar-refractivity contribution in [3.05, 3.63) is 12.2 Å². The van der Waals surface area contributed by atoms with Crippen molar-refractivity contribution in [1.29, 1.82) is 0 Å². The van der Waals surface area contributed by atoms with Crippen molar-refractivity contribution in [3.63, 3.8) is 0 Å². The fourth-order valence-electron chi connectivity index (χ4n) is 4.06. The fourth-order valence-corrected chi connectivity index (χ4v) is 4.06. The molecule has 0 saturated heterocycles. The van der Waals surface area contributed by atoms with E-state index in [0.717, 1.165) is 0 Å². The van der Waals surface area contributed by atoms with Gasteiger partial charge >= 0.3 is 0 Å². The number of nitrogens with one attached hydrogen (secondary N) is 1. The van der Waals surface area contributed by atoms with E-state index < -0.39 is 16.7 Å². The Bertz CT molecular complexity index is 407. The van der Waals surface area contributed by atoms with E-state index in [0.29, 0.717) is 31.3 Å². The van der Waals surface area contributed by atoms with Gasteiger partial charge in [0.15, 0.2) is 0 Å². The zero-order chi connectivity index (χ0) is 11.8. The third-order valence-electron chi connectivity index (χ3n) is 4.78. The van der Waals surface area contributed by atoms with Crippen LogP contribution in [0.4, 0.5) is 0 Å². The molecule has 0 spiro atoms. The highest BCUT2D eigenvalue weighted by Crippen LogP contribution is 2.69. The first-order chi connectivity index (χ1) is 7.30. The van der Waals surface area contributed by atoms with Crippen LogP contribution in [0.25, 0.3) is 0 Å². The van der Waals surface area contributed by atoms with Crippen molar-refractivity contribution in [2.24, 2.45) is 5.92 Å². The summed E-state index contributed by atoms with van der Waals surface area (Å²) < 4.78 is 0. The normalized spacial score (nSPS) is 52.3. The molecule has 0 radical (unpaired) electrons. The zero-order valence-electron chi connectivity index (χ0n) is 9.42. The third-order valence-corrected chi connectivity index (χ3v) is 4.78. The van der Waals surface area contributed by atoms with Gasteiger partial charge in [-0.25, -0.2) is 0 Å². The van der Waals surface area contributed by atoms with Gasteiger partial charge < -0.3 is 15.5 Å². The van der Waals surface area contributed by atoms with Gasteiger partial charge in [-0.1, -0.05) is 6.58 Å². The van der Waals surface area contributed by atoms with Crippen molar-refractivity contribution in [1.82, 2.24) is 5.32 Å². The molecule has 0 aliphatic heterocycles. The molecule has 3 N–H and O–H groups in total. The molecule has 0 aromatic rings. The Labute approximate surface area is 94.3 Å². The molecule has 4 atom stereocenters. The Balaban J connectivity index is 1.92. The van der Waals surface area contributed by atoms with Crippen molar-refractivity contribution in [2.45, 2.75) is 49.3 Å². The molecule has 0 heterocycles. The SMILES string of the molecule is C=C(C)C(=O)NC12CC3CC1(O)CC3(O)C2. The lowest BCUT2D eigenvalue weighted by atomic mass is 9.86. The van der Waals surface area contributed by atoms with Crippen LogP contribution in [0.15, 0.2) is 12.2 Å². The Morgan fingerprint density at radius 3 is 2.38 bits per heavy atom. The number of hydrogen-bond donors (Lipinski definition) is 3. The lowest BCUT2D eigenvalue weighted by Gasteiger charge is -2.36. The van der Waals surface area contributed by atoms with Crippen LogP contribution in [0.1, 0.15) is 32.6 Å². The van der Waals surface area contributed by atoms with Crippen LogP contribution in [0, 0.1) is 5.92 Å². The average Bonchev–Trinajstić information content (AvgIpc) is 2.65. The van der Waals surface area contributed by atoms with Gasteiger partial charge in [-0.05, 0) is 25.7 Å². The summed E-state index contributed by atoms with van der Waals surface area (Å²) >= 11 is 0. The molecule has 4 bridgehead atoms. The fraction of sp³-hybridized carbons (Fsp3) is 0.750. The molecule has 0 aromatic heterocycles. The van der Waals surface area contributed by atoms with Gasteiger partial charge in [-0.15, -0.1) is 0 Å². The number of hydrogen-bond acceptors (Lipinski definition) is 3. The topological polar surface area (TPSA) is 69.6 Å². The maximum Gasteiger partial charge on any atom is 0.246 e. The molecule has 4 saturated carbocycles. The molecule has 4 aliphatic rings. The molecule has 4 rings (SSSR count). The Hall–Kier alpha value is -0.870. The number of carbonyl (C=O) groups is 1. The van der Waals surface area contributed by atoms with Crippen molar-refractivity contribution < 1.29 is 15.0 Å². The third kappa shape index (κ3) is 0.949. The van der Waals surface area contributed by atoms with Crippen LogP contribution < -0.4 is 5.32 Å². The number of amides is 1. The van der Waals surface area contributed by atoms with Gasteiger partial charge in [0, 0.05) is 18.4 Å². The molecule has 88 valence electrons. The highest BCUT2D eigenvalue weighted by molar-refractivity contribution is 5.93. The molecule has 16 heavy (non-hydrogen) atoms. The predicted molar refractivity (Wildman–Crippen MR) is 57.5 cm³/mol. The summed E-state index contributed by atoms with van der Waals surface area (Å²) in [6, 6.07) is 0. The van der Waals surface area contributed by atoms with Crippen molar-refractivity contribution >= 4 is 5.91 Å². The lowest BCUT2D eigenvalue weighted by molar-refractivity contribution is -0.122. The zero-order valence-corrected chi connectivity index (χ0v) is 9.42. The number of carbonyl (C=O) groups excluding carboxylic acids is 1. The summed E-state index contributed by atoms with van der Waals surface area (Å²) in [5.41, 5.74) is -1.82. The van der Waals surface area contributed by atoms with E-state index in [2.05, 4.69) is 11.9 Å². The quantitative estimate of drug-likeness (QED) is 0.581. The predicted octanol–water partition coefficient (Wildman–Crippen LogP) is 0.0971. The van der Waals surface area contributed by atoms with Gasteiger partial charge in [-0.2, -0.15) is 0 Å². The summed E-state index contributed by atoms with van der Waals surface area (Å²) in [7, 11) is 0. The molecule has 1 amide bonds. The largest absolute Gasteiger partial charge is 0.389 e. The van der Waals surface area contributed by atoms with E-state index in [4.69, 9.17) is 0 Å². The standard InChI is InChI=1S/C12H17NO3/c1-7(2)9(14)13-11-3-8-4-12(11,16)6-10(8,15)5-11/h8,15-16H,1,3-6H2,2H3,(H,13,14). The summed E-state index contributed by atoms with van der Waals surface area (Å²) in [5.74, 6) is -0.0758. The highest BCUT2D eigenvalue weighted by Gasteiger charge is 2.78. The van der Waals surface area contributed by atoms with Gasteiger partial charge in [-0.3, -0.25) is 4.79 Å². The van der Waals surface area contributed by atoms with Crippen LogP contribution in [0.5, 0.6) is 0 Å². The second kappa shape index (κ2) is 2.51. The maximum absolute atomic E-state index is 11.7. The first-order valence-electron chi connectivity index (χ1n) is 5.73. The minimum absolute atomic E-state index is 0.142. The summed E-state index contributed by atoms with van der Waals surface area (Å²) in [5, 5.41) is 23.7. The number of aliphatic hydroxyl groups is 2. The molecule has 0 aromatic carbocycles. The van der Waals surface area contributed by atoms with Gasteiger partial charge in [0.2, 0.25) is 5.91 Å². The second-order valence-corrected chi connectivity index (χ2v) is 5.91. The Kier molecular flexibility index (Phi) is 1.62. The van der Waals surface area contributed by atoms with Crippen molar-refractivity contribution in [2.75, 3.05) is 0 Å². The molecular formula is C12H17NO3. The van der Waals surface area contributed by atoms with E-state index in [9.17, 15) is 15.0 Å². The summed E-state index contributed by atoms with van der Waals surface area (Å²) in [6.07, 6.45) is 2.19. The average molecular weight is 223 g/mol. The first-order valence-corrected chi connectivity index (χ1v) is 5.73. The van der Waals surface area contributed by atoms with Gasteiger partial charge in [0.1, 0.15) is 0 Å². The molecule has 4 heteroatoms. The lowest BCUT2D eigenvalue weighted by Crippen LogP contribution is -2.57. The van der Waals surface area contributed by atoms with E-state index in [1.54, 1.807) is 6.92 Å². The molecule has 4 aliphatic carbocycles. The van der Waals surface area contributed by atoms with Gasteiger partial charge in [0.05, 0.1) is 16.7 Å². The van der Waals surface area contributed by atoms with E-state index in [-0.39, 0.29) is 11.8 Å². The molecule has 4 nitrogen and oxygen atoms in total. The van der Waals surface area contributed by atoms with Crippen LogP contribution in [0.2, 0.25) is 0 Å². The van der Waals surface area contributed by atoms with Crippen LogP contribution in [-0.2, 0) is 4.79 Å². The Morgan fingerprint density at radius 1 is 1.38 bits per heavy atom. The number of rotatable bonds is 2. The smallest absolute Gasteiger partial charge is 0.246 e. The van der Waals surface area contributed by atoms with Crippen LogP contribution >= 0.6 is 0 Å². The minimum Gasteiger partial charge on any atom is -0.389 e. The van der Waals surface area contributed by atoms with E-state index in [1.165, 1.54) is 0 Å². The van der Waals surface area contributed by atoms with Crippen LogP contribution in [-0.4, -0.2) is 32.9 Å². The highest BCUT2D eigenvalue weighted by atomic mass is 16.3. The monoisotopic (exact) mass is 223 g/mol. The van der Waals surface area contributed by atoms with Crippen LogP contribution in [0.3, 0.4) is 0 Å². The van der Waals surface area contributed by atoms with E-state index in [1.807, 2.05) is 0 Å². The minimum atomic E-state index is -0.905.